The summed E-state index contributed by atoms with van der Waals surface area (Å²) in [5.74, 6) is 2.04. The van der Waals surface area contributed by atoms with Crippen molar-refractivity contribution in [3.63, 3.8) is 0 Å². The van der Waals surface area contributed by atoms with Crippen molar-refractivity contribution in [2.75, 3.05) is 6.54 Å². The fourth-order valence-electron chi connectivity index (χ4n) is 2.65. The van der Waals surface area contributed by atoms with Crippen molar-refractivity contribution in [2.24, 2.45) is 0 Å². The average molecular weight is 292 g/mol. The van der Waals surface area contributed by atoms with Crippen LogP contribution in [0.15, 0.2) is 4.42 Å². The zero-order valence-electron chi connectivity index (χ0n) is 13.3. The van der Waals surface area contributed by atoms with Gasteiger partial charge in [-0.1, -0.05) is 6.92 Å². The standard InChI is InChI=1S/C16H24N2OS/c1-7-17-14(8-15-18-10(3)13(6)20-15)16-9(2)11(4)19-12(16)5/h14,17H,7-8H2,1-6H3. The first kappa shape index (κ1) is 15.3. The number of aryl methyl sites for hydroxylation is 4. The maximum Gasteiger partial charge on any atom is 0.106 e. The molecular weight excluding hydrogens is 268 g/mol. The highest BCUT2D eigenvalue weighted by Gasteiger charge is 2.22. The van der Waals surface area contributed by atoms with E-state index in [1.165, 1.54) is 21.0 Å². The van der Waals surface area contributed by atoms with Gasteiger partial charge in [0.25, 0.3) is 0 Å². The van der Waals surface area contributed by atoms with E-state index in [1.54, 1.807) is 11.3 Å². The molecule has 4 heteroatoms. The second-order valence-corrected chi connectivity index (χ2v) is 6.60. The van der Waals surface area contributed by atoms with Crippen LogP contribution in [-0.2, 0) is 6.42 Å². The number of aromatic nitrogens is 1. The third kappa shape index (κ3) is 2.96. The van der Waals surface area contributed by atoms with Crippen LogP contribution < -0.4 is 5.32 Å². The monoisotopic (exact) mass is 292 g/mol. The van der Waals surface area contributed by atoms with Crippen LogP contribution >= 0.6 is 11.3 Å². The van der Waals surface area contributed by atoms with E-state index in [2.05, 4.69) is 44.9 Å². The van der Waals surface area contributed by atoms with Gasteiger partial charge in [-0.05, 0) is 46.7 Å². The Labute approximate surface area is 125 Å². The van der Waals surface area contributed by atoms with Gasteiger partial charge in [0, 0.05) is 22.9 Å². The summed E-state index contributed by atoms with van der Waals surface area (Å²) < 4.78 is 5.78. The molecule has 1 N–H and O–H groups in total. The molecule has 0 aromatic carbocycles. The number of thiazole rings is 1. The van der Waals surface area contributed by atoms with Gasteiger partial charge in [0.1, 0.15) is 11.5 Å². The molecule has 20 heavy (non-hydrogen) atoms. The SMILES string of the molecule is CCNC(Cc1nc(C)c(C)s1)c1c(C)oc(C)c1C. The molecular formula is C16H24N2OS. The van der Waals surface area contributed by atoms with Crippen molar-refractivity contribution in [1.82, 2.24) is 10.3 Å². The Morgan fingerprint density at radius 1 is 1.15 bits per heavy atom. The number of hydrogen-bond acceptors (Lipinski definition) is 4. The Bertz CT molecular complexity index is 578. The lowest BCUT2D eigenvalue weighted by Gasteiger charge is -2.17. The first-order valence-corrected chi connectivity index (χ1v) is 7.98. The van der Waals surface area contributed by atoms with Gasteiger partial charge in [-0.15, -0.1) is 11.3 Å². The van der Waals surface area contributed by atoms with Gasteiger partial charge in [0.05, 0.1) is 10.7 Å². The fraction of sp³-hybridized carbons (Fsp3) is 0.562. The third-order valence-corrected chi connectivity index (χ3v) is 4.96. The van der Waals surface area contributed by atoms with Crippen molar-refractivity contribution in [2.45, 2.75) is 54.0 Å². The highest BCUT2D eigenvalue weighted by Crippen LogP contribution is 2.30. The first-order valence-electron chi connectivity index (χ1n) is 7.16. The van der Waals surface area contributed by atoms with E-state index < -0.39 is 0 Å². The van der Waals surface area contributed by atoms with Gasteiger partial charge < -0.3 is 9.73 Å². The number of nitrogens with one attached hydrogen (secondary N) is 1. The number of rotatable bonds is 5. The van der Waals surface area contributed by atoms with Crippen molar-refractivity contribution in [3.8, 4) is 0 Å². The van der Waals surface area contributed by atoms with Gasteiger partial charge in [0.15, 0.2) is 0 Å². The molecule has 2 rings (SSSR count). The summed E-state index contributed by atoms with van der Waals surface area (Å²) in [6, 6.07) is 0.280. The molecule has 0 saturated heterocycles. The van der Waals surface area contributed by atoms with Crippen LogP contribution in [0, 0.1) is 34.6 Å². The second kappa shape index (κ2) is 6.10. The zero-order chi connectivity index (χ0) is 14.9. The van der Waals surface area contributed by atoms with Crippen molar-refractivity contribution < 1.29 is 4.42 Å². The van der Waals surface area contributed by atoms with Crippen molar-refractivity contribution in [3.05, 3.63) is 38.2 Å². The first-order chi connectivity index (χ1) is 9.43. The summed E-state index contributed by atoms with van der Waals surface area (Å²) in [5, 5.41) is 4.78. The highest BCUT2D eigenvalue weighted by atomic mass is 32.1. The molecule has 0 radical (unpaired) electrons. The molecule has 0 aliphatic rings. The summed E-state index contributed by atoms with van der Waals surface area (Å²) in [7, 11) is 0. The molecule has 0 aliphatic carbocycles. The maximum absolute atomic E-state index is 5.78. The van der Waals surface area contributed by atoms with E-state index in [4.69, 9.17) is 4.42 Å². The van der Waals surface area contributed by atoms with Crippen LogP contribution in [0.4, 0.5) is 0 Å². The Morgan fingerprint density at radius 2 is 1.85 bits per heavy atom. The number of hydrogen-bond donors (Lipinski definition) is 1. The highest BCUT2D eigenvalue weighted by molar-refractivity contribution is 7.11. The van der Waals surface area contributed by atoms with E-state index in [-0.39, 0.29) is 6.04 Å². The van der Waals surface area contributed by atoms with Crippen molar-refractivity contribution >= 4 is 11.3 Å². The fourth-order valence-corrected chi connectivity index (χ4v) is 3.62. The van der Waals surface area contributed by atoms with E-state index in [1.807, 2.05) is 6.92 Å². The summed E-state index contributed by atoms with van der Waals surface area (Å²) in [5.41, 5.74) is 3.71. The Morgan fingerprint density at radius 3 is 2.30 bits per heavy atom. The summed E-state index contributed by atoms with van der Waals surface area (Å²) in [6.45, 7) is 13.5. The van der Waals surface area contributed by atoms with E-state index in [0.717, 1.165) is 30.2 Å². The largest absolute Gasteiger partial charge is 0.466 e. The van der Waals surface area contributed by atoms with E-state index >= 15 is 0 Å². The van der Waals surface area contributed by atoms with Crippen LogP contribution in [0.3, 0.4) is 0 Å². The lowest BCUT2D eigenvalue weighted by Crippen LogP contribution is -2.23. The maximum atomic E-state index is 5.78. The predicted molar refractivity (Wildman–Crippen MR) is 84.6 cm³/mol. The Balaban J connectivity index is 2.31. The number of nitrogens with zero attached hydrogens (tertiary/aromatic N) is 1. The zero-order valence-corrected chi connectivity index (χ0v) is 14.1. The van der Waals surface area contributed by atoms with Crippen LogP contribution in [-0.4, -0.2) is 11.5 Å². The van der Waals surface area contributed by atoms with Gasteiger partial charge in [-0.2, -0.15) is 0 Å². The molecule has 0 bridgehead atoms. The quantitative estimate of drug-likeness (QED) is 0.898. The topological polar surface area (TPSA) is 38.1 Å². The molecule has 1 atom stereocenters. The molecule has 3 nitrogen and oxygen atoms in total. The molecule has 0 spiro atoms. The van der Waals surface area contributed by atoms with Crippen molar-refractivity contribution in [1.29, 1.82) is 0 Å². The number of likely N-dealkylation sites (N-methyl/N-ethyl adjacent to an activating group) is 1. The molecule has 0 fully saturated rings. The summed E-state index contributed by atoms with van der Waals surface area (Å²) in [4.78, 5) is 5.98. The minimum Gasteiger partial charge on any atom is -0.466 e. The molecule has 2 heterocycles. The van der Waals surface area contributed by atoms with Gasteiger partial charge in [0.2, 0.25) is 0 Å². The molecule has 1 unspecified atom stereocenters. The predicted octanol–water partition coefficient (Wildman–Crippen LogP) is 4.17. The van der Waals surface area contributed by atoms with Crippen LogP contribution in [0.2, 0.25) is 0 Å². The molecule has 110 valence electrons. The van der Waals surface area contributed by atoms with Crippen LogP contribution in [0.5, 0.6) is 0 Å². The van der Waals surface area contributed by atoms with Crippen LogP contribution in [0.1, 0.15) is 51.2 Å². The van der Waals surface area contributed by atoms with Gasteiger partial charge >= 0.3 is 0 Å². The lowest BCUT2D eigenvalue weighted by atomic mass is 9.99. The average Bonchev–Trinajstić information content (AvgIpc) is 2.80. The molecule has 2 aromatic rings. The molecule has 2 aromatic heterocycles. The summed E-state index contributed by atoms with van der Waals surface area (Å²) in [6.07, 6.45) is 0.924. The number of furan rings is 1. The van der Waals surface area contributed by atoms with E-state index in [0.29, 0.717) is 0 Å². The van der Waals surface area contributed by atoms with Crippen LogP contribution in [0.25, 0.3) is 0 Å². The minimum atomic E-state index is 0.280. The molecule has 0 aliphatic heterocycles. The lowest BCUT2D eigenvalue weighted by molar-refractivity contribution is 0.484. The second-order valence-electron chi connectivity index (χ2n) is 5.32. The normalized spacial score (nSPS) is 12.9. The molecule has 0 amide bonds. The third-order valence-electron chi connectivity index (χ3n) is 3.87. The smallest absolute Gasteiger partial charge is 0.106 e. The minimum absolute atomic E-state index is 0.280. The van der Waals surface area contributed by atoms with E-state index in [9.17, 15) is 0 Å². The molecule has 0 saturated carbocycles. The Hall–Kier alpha value is -1.13. The summed E-state index contributed by atoms with van der Waals surface area (Å²) >= 11 is 1.80. The Kier molecular flexibility index (Phi) is 4.66. The van der Waals surface area contributed by atoms with Gasteiger partial charge in [-0.3, -0.25) is 0 Å². The van der Waals surface area contributed by atoms with Gasteiger partial charge in [-0.25, -0.2) is 4.98 Å².